The van der Waals surface area contributed by atoms with E-state index in [1.807, 2.05) is 40.0 Å². The Morgan fingerprint density at radius 3 is 2.44 bits per heavy atom. The number of amides is 2. The number of aromatic nitrogens is 2. The highest BCUT2D eigenvalue weighted by Gasteiger charge is 2.34. The van der Waals surface area contributed by atoms with E-state index < -0.39 is 36.3 Å². The van der Waals surface area contributed by atoms with Crippen molar-refractivity contribution in [1.82, 2.24) is 19.6 Å². The second-order valence-corrected chi connectivity index (χ2v) is 11.4. The molecule has 1 aromatic heterocycles. The predicted octanol–water partition coefficient (Wildman–Crippen LogP) is 5.90. The number of carbonyl (C=O) groups excluding carboxylic acids is 2. The fourth-order valence-corrected chi connectivity index (χ4v) is 4.91. The lowest BCUT2D eigenvalue weighted by Crippen LogP contribution is -2.52. The monoisotopic (exact) mass is 544 g/mol. The zero-order valence-electron chi connectivity index (χ0n) is 23.2. The van der Waals surface area contributed by atoms with E-state index in [1.165, 1.54) is 12.1 Å². The van der Waals surface area contributed by atoms with Gasteiger partial charge in [-0.2, -0.15) is 5.10 Å². The lowest BCUT2D eigenvalue weighted by molar-refractivity contribution is -0.000887. The molecule has 0 saturated carbocycles. The average molecular weight is 545 g/mol. The molecule has 0 bridgehead atoms. The Labute approximate surface area is 226 Å². The second-order valence-electron chi connectivity index (χ2n) is 11.4. The molecule has 39 heavy (non-hydrogen) atoms. The number of likely N-dealkylation sites (tertiary alicyclic amines) is 1. The van der Waals surface area contributed by atoms with Crippen LogP contribution in [0, 0.1) is 11.7 Å². The summed E-state index contributed by atoms with van der Waals surface area (Å²) in [5.74, 6) is -1.07. The van der Waals surface area contributed by atoms with Crippen LogP contribution in [0.1, 0.15) is 50.5 Å². The lowest BCUT2D eigenvalue weighted by atomic mass is 9.89. The molecule has 0 spiro atoms. The van der Waals surface area contributed by atoms with E-state index in [9.17, 15) is 22.8 Å². The van der Waals surface area contributed by atoms with Gasteiger partial charge in [0, 0.05) is 31.6 Å². The number of hydrogen-bond acceptors (Lipinski definition) is 4. The molecule has 2 aromatic carbocycles. The Morgan fingerprint density at radius 1 is 1.13 bits per heavy atom. The average Bonchev–Trinajstić information content (AvgIpc) is 3.17. The van der Waals surface area contributed by atoms with E-state index in [2.05, 4.69) is 5.10 Å². The number of fused-ring (bicyclic) bond motifs is 1. The fraction of sp³-hybridized carbons (Fsp3) is 0.483. The van der Waals surface area contributed by atoms with Crippen LogP contribution in [0.15, 0.2) is 36.5 Å². The zero-order chi connectivity index (χ0) is 28.6. The number of halogens is 3. The van der Waals surface area contributed by atoms with Gasteiger partial charge < -0.3 is 14.5 Å². The SMILES string of the molecule is CC(C)N(CC(F)F)C(=O)c1cc(F)ccc1-c1cc(CC2CN(C(=O)OC(C)(C)C)C2)cc2c1cnn2C. The summed E-state index contributed by atoms with van der Waals surface area (Å²) in [6.07, 6.45) is -0.709. The topological polar surface area (TPSA) is 67.7 Å². The first kappa shape index (κ1) is 28.4. The van der Waals surface area contributed by atoms with Crippen molar-refractivity contribution in [1.29, 1.82) is 0 Å². The van der Waals surface area contributed by atoms with Gasteiger partial charge in [-0.15, -0.1) is 0 Å². The van der Waals surface area contributed by atoms with Gasteiger partial charge in [-0.05, 0) is 81.8 Å². The number of alkyl halides is 2. The molecule has 4 rings (SSSR count). The van der Waals surface area contributed by atoms with Crippen LogP contribution in [0.3, 0.4) is 0 Å². The van der Waals surface area contributed by atoms with Crippen LogP contribution in [-0.2, 0) is 18.2 Å². The first-order valence-corrected chi connectivity index (χ1v) is 13.0. The van der Waals surface area contributed by atoms with Gasteiger partial charge in [-0.25, -0.2) is 18.0 Å². The van der Waals surface area contributed by atoms with E-state index in [1.54, 1.807) is 29.6 Å². The van der Waals surface area contributed by atoms with Gasteiger partial charge in [0.15, 0.2) is 0 Å². The Morgan fingerprint density at radius 2 is 1.82 bits per heavy atom. The van der Waals surface area contributed by atoms with Crippen LogP contribution in [-0.4, -0.2) is 69.3 Å². The highest BCUT2D eigenvalue weighted by molar-refractivity contribution is 6.05. The first-order chi connectivity index (χ1) is 18.2. The van der Waals surface area contributed by atoms with Crippen molar-refractivity contribution in [3.63, 3.8) is 0 Å². The van der Waals surface area contributed by atoms with Gasteiger partial charge in [-0.1, -0.05) is 12.1 Å². The van der Waals surface area contributed by atoms with Gasteiger partial charge in [-0.3, -0.25) is 9.48 Å². The van der Waals surface area contributed by atoms with Crippen molar-refractivity contribution in [3.05, 3.63) is 53.5 Å². The van der Waals surface area contributed by atoms with Crippen LogP contribution >= 0.6 is 0 Å². The van der Waals surface area contributed by atoms with Crippen LogP contribution in [0.4, 0.5) is 18.0 Å². The highest BCUT2D eigenvalue weighted by atomic mass is 19.3. The maximum atomic E-state index is 14.4. The maximum absolute atomic E-state index is 14.4. The molecule has 0 aliphatic carbocycles. The molecule has 0 radical (unpaired) electrons. The Kier molecular flexibility index (Phi) is 7.95. The summed E-state index contributed by atoms with van der Waals surface area (Å²) in [5, 5.41) is 5.14. The number of ether oxygens (including phenoxy) is 1. The standard InChI is InChI=1S/C29H35F3N4O3/c1-17(2)36(16-26(31)32)27(37)23-12-20(30)7-8-21(23)22-10-18(11-25-24(22)13-33-34(25)6)9-19-14-35(15-19)28(38)39-29(3,4)5/h7-8,10-13,17,19,26H,9,14-16H2,1-6H3. The summed E-state index contributed by atoms with van der Waals surface area (Å²) in [6.45, 7) is 9.16. The van der Waals surface area contributed by atoms with Gasteiger partial charge in [0.05, 0.1) is 23.8 Å². The summed E-state index contributed by atoms with van der Waals surface area (Å²) in [5.41, 5.74) is 2.36. The number of hydrogen-bond donors (Lipinski definition) is 0. The number of carbonyl (C=O) groups is 2. The molecule has 10 heteroatoms. The third kappa shape index (κ3) is 6.37. The second kappa shape index (κ2) is 10.9. The fourth-order valence-electron chi connectivity index (χ4n) is 4.91. The normalized spacial score (nSPS) is 14.3. The van der Waals surface area contributed by atoms with E-state index in [0.29, 0.717) is 30.6 Å². The van der Waals surface area contributed by atoms with Gasteiger partial charge >= 0.3 is 6.09 Å². The molecule has 0 N–H and O–H groups in total. The predicted molar refractivity (Wildman–Crippen MR) is 143 cm³/mol. The Hall–Kier alpha value is -3.56. The third-order valence-corrected chi connectivity index (χ3v) is 6.78. The van der Waals surface area contributed by atoms with Gasteiger partial charge in [0.1, 0.15) is 11.4 Å². The molecule has 0 unspecified atom stereocenters. The molecular formula is C29H35F3N4O3. The van der Waals surface area contributed by atoms with Crippen LogP contribution in [0.2, 0.25) is 0 Å². The summed E-state index contributed by atoms with van der Waals surface area (Å²) in [6, 6.07) is 7.35. The van der Waals surface area contributed by atoms with E-state index in [4.69, 9.17) is 4.74 Å². The van der Waals surface area contributed by atoms with Crippen LogP contribution in [0.25, 0.3) is 22.0 Å². The molecule has 3 aromatic rings. The number of rotatable bonds is 7. The van der Waals surface area contributed by atoms with Crippen molar-refractivity contribution in [2.24, 2.45) is 13.0 Å². The summed E-state index contributed by atoms with van der Waals surface area (Å²) >= 11 is 0. The maximum Gasteiger partial charge on any atom is 0.410 e. The molecular weight excluding hydrogens is 509 g/mol. The smallest absolute Gasteiger partial charge is 0.410 e. The molecule has 2 heterocycles. The lowest BCUT2D eigenvalue weighted by Gasteiger charge is -2.40. The number of aryl methyl sites for hydroxylation is 1. The van der Waals surface area contributed by atoms with E-state index in [-0.39, 0.29) is 17.6 Å². The largest absolute Gasteiger partial charge is 0.444 e. The molecule has 1 fully saturated rings. The number of nitrogens with zero attached hydrogens (tertiary/aromatic N) is 4. The molecule has 1 aliphatic heterocycles. The van der Waals surface area contributed by atoms with Gasteiger partial charge in [0.25, 0.3) is 12.3 Å². The van der Waals surface area contributed by atoms with Crippen molar-refractivity contribution in [2.75, 3.05) is 19.6 Å². The van der Waals surface area contributed by atoms with E-state index >= 15 is 0 Å². The number of benzene rings is 2. The summed E-state index contributed by atoms with van der Waals surface area (Å²) < 4.78 is 48.2. The van der Waals surface area contributed by atoms with Gasteiger partial charge in [0.2, 0.25) is 0 Å². The van der Waals surface area contributed by atoms with Crippen LogP contribution in [0.5, 0.6) is 0 Å². The summed E-state index contributed by atoms with van der Waals surface area (Å²) in [4.78, 5) is 28.6. The minimum atomic E-state index is -2.72. The zero-order valence-corrected chi connectivity index (χ0v) is 23.2. The first-order valence-electron chi connectivity index (χ1n) is 13.0. The van der Waals surface area contributed by atoms with Crippen LogP contribution < -0.4 is 0 Å². The van der Waals surface area contributed by atoms with Crippen molar-refractivity contribution in [2.45, 2.75) is 59.1 Å². The molecule has 1 aliphatic rings. The molecule has 0 atom stereocenters. The highest BCUT2D eigenvalue weighted by Crippen LogP contribution is 2.35. The quantitative estimate of drug-likeness (QED) is 0.371. The molecule has 210 valence electrons. The Bertz CT molecular complexity index is 1370. The molecule has 7 nitrogen and oxygen atoms in total. The summed E-state index contributed by atoms with van der Waals surface area (Å²) in [7, 11) is 1.81. The van der Waals surface area contributed by atoms with Crippen molar-refractivity contribution < 1.29 is 27.5 Å². The van der Waals surface area contributed by atoms with Crippen molar-refractivity contribution in [3.8, 4) is 11.1 Å². The third-order valence-electron chi connectivity index (χ3n) is 6.78. The molecule has 2 amide bonds. The Balaban J connectivity index is 1.68. The minimum Gasteiger partial charge on any atom is -0.444 e. The van der Waals surface area contributed by atoms with E-state index in [0.717, 1.165) is 27.4 Å². The minimum absolute atomic E-state index is 0.0198. The molecule has 1 saturated heterocycles. The van der Waals surface area contributed by atoms with Crippen molar-refractivity contribution >= 4 is 22.9 Å².